The lowest BCUT2D eigenvalue weighted by Gasteiger charge is -2.18. The topological polar surface area (TPSA) is 50.9 Å². The summed E-state index contributed by atoms with van der Waals surface area (Å²) in [6.45, 7) is 1.74. The number of nitrogens with two attached hydrogens (primary N) is 1. The van der Waals surface area contributed by atoms with Crippen molar-refractivity contribution >= 4 is 10.8 Å². The second-order valence-corrected chi connectivity index (χ2v) is 5.03. The lowest BCUT2D eigenvalue weighted by molar-refractivity contribution is 0.595. The van der Waals surface area contributed by atoms with Gasteiger partial charge in [-0.2, -0.15) is 0 Å². The smallest absolute Gasteiger partial charge is 0.126 e. The van der Waals surface area contributed by atoms with Gasteiger partial charge in [0.25, 0.3) is 0 Å². The molecule has 2 aromatic carbocycles. The van der Waals surface area contributed by atoms with Gasteiger partial charge in [-0.15, -0.1) is 0 Å². The van der Waals surface area contributed by atoms with Crippen LogP contribution in [-0.2, 0) is 0 Å². The first kappa shape index (κ1) is 13.7. The van der Waals surface area contributed by atoms with Crippen LogP contribution in [0.4, 0.5) is 4.39 Å². The van der Waals surface area contributed by atoms with Crippen LogP contribution in [0.3, 0.4) is 0 Å². The van der Waals surface area contributed by atoms with Crippen LogP contribution in [0.1, 0.15) is 22.9 Å². The second-order valence-electron chi connectivity index (χ2n) is 5.03. The molecule has 21 heavy (non-hydrogen) atoms. The number of nitrogens with one attached hydrogen (secondary N) is 1. The summed E-state index contributed by atoms with van der Waals surface area (Å²) in [5.74, 6) is 5.46. The summed E-state index contributed by atoms with van der Waals surface area (Å²) < 4.78 is 13.8. The quantitative estimate of drug-likeness (QED) is 0.572. The number of benzene rings is 2. The van der Waals surface area contributed by atoms with Gasteiger partial charge in [-0.25, -0.2) is 9.82 Å². The summed E-state index contributed by atoms with van der Waals surface area (Å²) in [5, 5.41) is 2.08. The number of hydrogen-bond donors (Lipinski definition) is 2. The number of aryl methyl sites for hydroxylation is 1. The van der Waals surface area contributed by atoms with Crippen LogP contribution < -0.4 is 11.3 Å². The Labute approximate surface area is 122 Å². The van der Waals surface area contributed by atoms with Gasteiger partial charge in [0.15, 0.2) is 0 Å². The molecule has 0 saturated carbocycles. The molecule has 0 spiro atoms. The molecule has 0 aliphatic rings. The fourth-order valence-electron chi connectivity index (χ4n) is 2.49. The molecular formula is C17H16FN3. The molecule has 0 aliphatic heterocycles. The Hall–Kier alpha value is -2.30. The van der Waals surface area contributed by atoms with Crippen LogP contribution >= 0.6 is 0 Å². The zero-order valence-corrected chi connectivity index (χ0v) is 11.7. The summed E-state index contributed by atoms with van der Waals surface area (Å²) in [7, 11) is 0. The minimum Gasteiger partial charge on any atom is -0.271 e. The Kier molecular flexibility index (Phi) is 3.64. The average molecular weight is 281 g/mol. The van der Waals surface area contributed by atoms with E-state index < -0.39 is 0 Å². The van der Waals surface area contributed by atoms with Gasteiger partial charge in [-0.05, 0) is 35.6 Å². The van der Waals surface area contributed by atoms with E-state index in [2.05, 4.69) is 10.4 Å². The minimum atomic E-state index is -0.355. The highest BCUT2D eigenvalue weighted by Crippen LogP contribution is 2.27. The first-order valence-electron chi connectivity index (χ1n) is 6.76. The molecule has 1 aromatic heterocycles. The summed E-state index contributed by atoms with van der Waals surface area (Å²) in [4.78, 5) is 4.44. The van der Waals surface area contributed by atoms with E-state index >= 15 is 0 Å². The van der Waals surface area contributed by atoms with E-state index in [-0.39, 0.29) is 11.9 Å². The van der Waals surface area contributed by atoms with E-state index in [1.807, 2.05) is 36.4 Å². The third kappa shape index (κ3) is 2.51. The minimum absolute atomic E-state index is 0.243. The lowest BCUT2D eigenvalue weighted by atomic mass is 9.98. The van der Waals surface area contributed by atoms with Crippen LogP contribution in [0, 0.1) is 12.7 Å². The molecule has 0 saturated heterocycles. The SMILES string of the molecule is Cc1ccc(C(NN)c2nccc3ccccc23)cc1F. The third-order valence-corrected chi connectivity index (χ3v) is 3.67. The molecule has 3 aromatic rings. The van der Waals surface area contributed by atoms with Crippen LogP contribution in [0.15, 0.2) is 54.7 Å². The van der Waals surface area contributed by atoms with Crippen molar-refractivity contribution in [3.05, 3.63) is 77.4 Å². The molecule has 3 N–H and O–H groups in total. The summed E-state index contributed by atoms with van der Waals surface area (Å²) in [6.07, 6.45) is 1.74. The maximum Gasteiger partial charge on any atom is 0.126 e. The third-order valence-electron chi connectivity index (χ3n) is 3.67. The molecule has 3 nitrogen and oxygen atoms in total. The molecule has 1 atom stereocenters. The van der Waals surface area contributed by atoms with Gasteiger partial charge in [0, 0.05) is 11.6 Å². The first-order valence-corrected chi connectivity index (χ1v) is 6.76. The summed E-state index contributed by atoms with van der Waals surface area (Å²) in [5.41, 5.74) is 4.90. The molecule has 1 unspecified atom stereocenters. The molecule has 4 heteroatoms. The monoisotopic (exact) mass is 281 g/mol. The van der Waals surface area contributed by atoms with Gasteiger partial charge >= 0.3 is 0 Å². The molecule has 0 aliphatic carbocycles. The van der Waals surface area contributed by atoms with Crippen molar-refractivity contribution < 1.29 is 4.39 Å². The highest BCUT2D eigenvalue weighted by molar-refractivity contribution is 5.85. The van der Waals surface area contributed by atoms with Crippen molar-refractivity contribution in [1.29, 1.82) is 0 Å². The van der Waals surface area contributed by atoms with Crippen molar-refractivity contribution in [2.24, 2.45) is 5.84 Å². The first-order chi connectivity index (χ1) is 10.2. The van der Waals surface area contributed by atoms with E-state index in [9.17, 15) is 4.39 Å². The summed E-state index contributed by atoms with van der Waals surface area (Å²) >= 11 is 0. The highest BCUT2D eigenvalue weighted by atomic mass is 19.1. The number of aromatic nitrogens is 1. The van der Waals surface area contributed by atoms with Gasteiger partial charge in [0.2, 0.25) is 0 Å². The number of pyridine rings is 1. The molecule has 1 heterocycles. The predicted octanol–water partition coefficient (Wildman–Crippen LogP) is 3.24. The van der Waals surface area contributed by atoms with Gasteiger partial charge in [-0.3, -0.25) is 10.8 Å². The molecule has 3 rings (SSSR count). The van der Waals surface area contributed by atoms with Crippen molar-refractivity contribution in [2.45, 2.75) is 13.0 Å². The van der Waals surface area contributed by atoms with Crippen LogP contribution in [0.5, 0.6) is 0 Å². The van der Waals surface area contributed by atoms with E-state index in [4.69, 9.17) is 5.84 Å². The molecule has 0 bridgehead atoms. The normalized spacial score (nSPS) is 12.5. The Bertz CT molecular complexity index is 781. The number of fused-ring (bicyclic) bond motifs is 1. The van der Waals surface area contributed by atoms with Crippen molar-refractivity contribution in [3.63, 3.8) is 0 Å². The fraction of sp³-hybridized carbons (Fsp3) is 0.118. The van der Waals surface area contributed by atoms with Gasteiger partial charge < -0.3 is 0 Å². The van der Waals surface area contributed by atoms with Crippen LogP contribution in [-0.4, -0.2) is 4.98 Å². The lowest BCUT2D eigenvalue weighted by Crippen LogP contribution is -2.29. The molecular weight excluding hydrogens is 265 g/mol. The van der Waals surface area contributed by atoms with Crippen molar-refractivity contribution in [1.82, 2.24) is 10.4 Å². The molecule has 0 radical (unpaired) electrons. The van der Waals surface area contributed by atoms with Gasteiger partial charge in [0.05, 0.1) is 11.7 Å². The summed E-state index contributed by atoms with van der Waals surface area (Å²) in [6, 6.07) is 14.7. The number of halogens is 1. The van der Waals surface area contributed by atoms with Crippen LogP contribution in [0.25, 0.3) is 10.8 Å². The number of nitrogens with zero attached hydrogens (tertiary/aromatic N) is 1. The molecule has 106 valence electrons. The zero-order chi connectivity index (χ0) is 14.8. The van der Waals surface area contributed by atoms with Gasteiger partial charge in [-0.1, -0.05) is 36.4 Å². The van der Waals surface area contributed by atoms with E-state index in [0.29, 0.717) is 5.56 Å². The van der Waals surface area contributed by atoms with E-state index in [0.717, 1.165) is 22.0 Å². The van der Waals surface area contributed by atoms with Crippen molar-refractivity contribution in [3.8, 4) is 0 Å². The van der Waals surface area contributed by atoms with E-state index in [1.54, 1.807) is 19.2 Å². The largest absolute Gasteiger partial charge is 0.271 e. The molecule has 0 fully saturated rings. The number of hydrazine groups is 1. The zero-order valence-electron chi connectivity index (χ0n) is 11.7. The van der Waals surface area contributed by atoms with E-state index in [1.165, 1.54) is 6.07 Å². The van der Waals surface area contributed by atoms with Crippen LogP contribution in [0.2, 0.25) is 0 Å². The Morgan fingerprint density at radius 1 is 1.14 bits per heavy atom. The van der Waals surface area contributed by atoms with Crippen molar-refractivity contribution in [2.75, 3.05) is 0 Å². The Morgan fingerprint density at radius 2 is 1.95 bits per heavy atom. The maximum atomic E-state index is 13.8. The predicted molar refractivity (Wildman–Crippen MR) is 82.0 cm³/mol. The number of hydrogen-bond acceptors (Lipinski definition) is 3. The highest BCUT2D eigenvalue weighted by Gasteiger charge is 2.17. The second kappa shape index (κ2) is 5.60. The molecule has 0 amide bonds. The fourth-order valence-corrected chi connectivity index (χ4v) is 2.49. The number of rotatable bonds is 3. The van der Waals surface area contributed by atoms with Gasteiger partial charge in [0.1, 0.15) is 5.82 Å². The average Bonchev–Trinajstić information content (AvgIpc) is 2.52. The standard InChI is InChI=1S/C17H16FN3/c1-11-6-7-13(10-15(11)18)16(21-19)17-14-5-3-2-4-12(14)8-9-20-17/h2-10,16,21H,19H2,1H3. The maximum absolute atomic E-state index is 13.8. The Morgan fingerprint density at radius 3 is 2.71 bits per heavy atom. The Balaban J connectivity index is 2.16.